The average Bonchev–Trinajstić information content (AvgIpc) is 2.27. The van der Waals surface area contributed by atoms with E-state index in [1.54, 1.807) is 0 Å². The third kappa shape index (κ3) is 4.48. The zero-order valence-electron chi connectivity index (χ0n) is 10.0. The molecule has 0 fully saturated rings. The van der Waals surface area contributed by atoms with E-state index in [0.29, 0.717) is 0 Å². The van der Waals surface area contributed by atoms with E-state index in [9.17, 15) is 0 Å². The molecule has 0 radical (unpaired) electrons. The molecule has 0 amide bonds. The summed E-state index contributed by atoms with van der Waals surface area (Å²) in [6, 6.07) is 8.16. The molecule has 0 unspecified atom stereocenters. The van der Waals surface area contributed by atoms with Gasteiger partial charge in [0.2, 0.25) is 0 Å². The highest BCUT2D eigenvalue weighted by atomic mass is 16.2. The van der Waals surface area contributed by atoms with Gasteiger partial charge in [0.25, 0.3) is 0 Å². The topological polar surface area (TPSA) is 23.5 Å². The van der Waals surface area contributed by atoms with E-state index in [0.717, 1.165) is 18.7 Å². The fourth-order valence-corrected chi connectivity index (χ4v) is 1.66. The minimum Gasteiger partial charge on any atom is -0.384 e. The summed E-state index contributed by atoms with van der Waals surface area (Å²) in [5, 5.41) is 8.63. The summed E-state index contributed by atoms with van der Waals surface area (Å²) < 4.78 is 0. The van der Waals surface area contributed by atoms with E-state index >= 15 is 0 Å². The van der Waals surface area contributed by atoms with Gasteiger partial charge in [-0.05, 0) is 37.7 Å². The van der Waals surface area contributed by atoms with Crippen molar-refractivity contribution < 1.29 is 5.11 Å². The van der Waals surface area contributed by atoms with Crippen LogP contribution < -0.4 is 0 Å². The standard InChI is InChI=1S/C14H19NO/c1-3-9-15(2)12-14-7-4-6-13(11-14)8-5-10-16/h4,6-7,11,16H,3,9-10,12H2,1-2H3. The van der Waals surface area contributed by atoms with Crippen molar-refractivity contribution in [3.8, 4) is 11.8 Å². The van der Waals surface area contributed by atoms with Gasteiger partial charge in [-0.25, -0.2) is 0 Å². The first-order chi connectivity index (χ1) is 7.76. The highest BCUT2D eigenvalue weighted by Crippen LogP contribution is 2.07. The van der Waals surface area contributed by atoms with Gasteiger partial charge in [0.1, 0.15) is 6.61 Å². The van der Waals surface area contributed by atoms with Crippen LogP contribution >= 0.6 is 0 Å². The van der Waals surface area contributed by atoms with Gasteiger partial charge in [-0.3, -0.25) is 0 Å². The number of aliphatic hydroxyl groups is 1. The third-order valence-electron chi connectivity index (χ3n) is 2.30. The smallest absolute Gasteiger partial charge is 0.104 e. The van der Waals surface area contributed by atoms with Crippen LogP contribution in [-0.4, -0.2) is 30.2 Å². The Morgan fingerprint density at radius 2 is 2.19 bits per heavy atom. The van der Waals surface area contributed by atoms with Crippen LogP contribution in [0.3, 0.4) is 0 Å². The van der Waals surface area contributed by atoms with Crippen molar-refractivity contribution in [2.45, 2.75) is 19.9 Å². The molecule has 16 heavy (non-hydrogen) atoms. The van der Waals surface area contributed by atoms with E-state index in [1.165, 1.54) is 12.0 Å². The van der Waals surface area contributed by atoms with Gasteiger partial charge in [-0.2, -0.15) is 0 Å². The van der Waals surface area contributed by atoms with Gasteiger partial charge in [0.15, 0.2) is 0 Å². The molecule has 1 aromatic carbocycles. The number of nitrogens with zero attached hydrogens (tertiary/aromatic N) is 1. The predicted octanol–water partition coefficient (Wildman–Crippen LogP) is 1.87. The second kappa shape index (κ2) is 7.05. The summed E-state index contributed by atoms with van der Waals surface area (Å²) in [5.41, 5.74) is 2.23. The molecule has 1 N–H and O–H groups in total. The zero-order chi connectivity index (χ0) is 11.8. The summed E-state index contributed by atoms with van der Waals surface area (Å²) in [6.07, 6.45) is 1.17. The summed E-state index contributed by atoms with van der Waals surface area (Å²) in [5.74, 6) is 5.58. The largest absolute Gasteiger partial charge is 0.384 e. The molecule has 1 rings (SSSR count). The Morgan fingerprint density at radius 3 is 2.88 bits per heavy atom. The van der Waals surface area contributed by atoms with E-state index < -0.39 is 0 Å². The quantitative estimate of drug-likeness (QED) is 0.778. The molecule has 0 saturated carbocycles. The lowest BCUT2D eigenvalue weighted by Crippen LogP contribution is -2.18. The molecule has 0 aromatic heterocycles. The van der Waals surface area contributed by atoms with Gasteiger partial charge < -0.3 is 10.0 Å². The predicted molar refractivity (Wildman–Crippen MR) is 67.0 cm³/mol. The minimum atomic E-state index is -0.0834. The SMILES string of the molecule is CCCN(C)Cc1cccc(C#CCO)c1. The number of benzene rings is 1. The van der Waals surface area contributed by atoms with E-state index in [-0.39, 0.29) is 6.61 Å². The molecule has 0 saturated heterocycles. The molecule has 86 valence electrons. The molecular formula is C14H19NO. The third-order valence-corrected chi connectivity index (χ3v) is 2.30. The lowest BCUT2D eigenvalue weighted by atomic mass is 10.1. The molecular weight excluding hydrogens is 198 g/mol. The van der Waals surface area contributed by atoms with Crippen LogP contribution in [0.1, 0.15) is 24.5 Å². The Morgan fingerprint density at radius 1 is 1.38 bits per heavy atom. The average molecular weight is 217 g/mol. The van der Waals surface area contributed by atoms with Crippen LogP contribution in [0.15, 0.2) is 24.3 Å². The van der Waals surface area contributed by atoms with Gasteiger partial charge in [-0.15, -0.1) is 0 Å². The molecule has 2 heteroatoms. The Bertz CT molecular complexity index is 376. The first kappa shape index (κ1) is 12.8. The molecule has 0 spiro atoms. The van der Waals surface area contributed by atoms with Crippen molar-refractivity contribution in [3.05, 3.63) is 35.4 Å². The van der Waals surface area contributed by atoms with Crippen molar-refractivity contribution in [2.75, 3.05) is 20.2 Å². The molecule has 0 aliphatic heterocycles. The molecule has 0 bridgehead atoms. The van der Waals surface area contributed by atoms with E-state index in [2.05, 4.69) is 42.8 Å². The summed E-state index contributed by atoms with van der Waals surface area (Å²) in [6.45, 7) is 4.15. The molecule has 0 heterocycles. The van der Waals surface area contributed by atoms with Crippen LogP contribution in [0.2, 0.25) is 0 Å². The maximum atomic E-state index is 8.63. The fourth-order valence-electron chi connectivity index (χ4n) is 1.66. The van der Waals surface area contributed by atoms with Gasteiger partial charge in [0, 0.05) is 12.1 Å². The zero-order valence-corrected chi connectivity index (χ0v) is 10.0. The van der Waals surface area contributed by atoms with Crippen molar-refractivity contribution in [1.29, 1.82) is 0 Å². The second-order valence-electron chi connectivity index (χ2n) is 3.90. The lowest BCUT2D eigenvalue weighted by molar-refractivity contribution is 0.327. The second-order valence-corrected chi connectivity index (χ2v) is 3.90. The Hall–Kier alpha value is -1.30. The highest BCUT2D eigenvalue weighted by Gasteiger charge is 1.99. The van der Waals surface area contributed by atoms with Crippen LogP contribution in [-0.2, 0) is 6.54 Å². The minimum absolute atomic E-state index is 0.0834. The van der Waals surface area contributed by atoms with Crippen molar-refractivity contribution in [1.82, 2.24) is 4.90 Å². The molecule has 0 aliphatic rings. The van der Waals surface area contributed by atoms with Crippen molar-refractivity contribution in [3.63, 3.8) is 0 Å². The first-order valence-corrected chi connectivity index (χ1v) is 5.63. The summed E-state index contributed by atoms with van der Waals surface area (Å²) in [7, 11) is 2.12. The van der Waals surface area contributed by atoms with Crippen molar-refractivity contribution >= 4 is 0 Å². The van der Waals surface area contributed by atoms with Gasteiger partial charge in [0.05, 0.1) is 0 Å². The Balaban J connectivity index is 2.67. The van der Waals surface area contributed by atoms with E-state index in [4.69, 9.17) is 5.11 Å². The maximum absolute atomic E-state index is 8.63. The Kier molecular flexibility index (Phi) is 5.63. The molecule has 0 aliphatic carbocycles. The monoisotopic (exact) mass is 217 g/mol. The summed E-state index contributed by atoms with van der Waals surface area (Å²) in [4.78, 5) is 2.29. The normalized spacial score (nSPS) is 10.0. The first-order valence-electron chi connectivity index (χ1n) is 5.63. The van der Waals surface area contributed by atoms with Gasteiger partial charge >= 0.3 is 0 Å². The number of rotatable bonds is 4. The van der Waals surface area contributed by atoms with Crippen LogP contribution in [0, 0.1) is 11.8 Å². The molecule has 0 atom stereocenters. The van der Waals surface area contributed by atoms with Gasteiger partial charge in [-0.1, -0.05) is 30.9 Å². The number of hydrogen-bond acceptors (Lipinski definition) is 2. The van der Waals surface area contributed by atoms with E-state index in [1.807, 2.05) is 12.1 Å². The summed E-state index contributed by atoms with van der Waals surface area (Å²) >= 11 is 0. The highest BCUT2D eigenvalue weighted by molar-refractivity contribution is 5.37. The molecule has 1 aromatic rings. The van der Waals surface area contributed by atoms with Crippen LogP contribution in [0.25, 0.3) is 0 Å². The van der Waals surface area contributed by atoms with Crippen LogP contribution in [0.4, 0.5) is 0 Å². The number of aliphatic hydroxyl groups excluding tert-OH is 1. The fraction of sp³-hybridized carbons (Fsp3) is 0.429. The maximum Gasteiger partial charge on any atom is 0.104 e. The lowest BCUT2D eigenvalue weighted by Gasteiger charge is -2.15. The van der Waals surface area contributed by atoms with Crippen molar-refractivity contribution in [2.24, 2.45) is 0 Å². The van der Waals surface area contributed by atoms with Crippen LogP contribution in [0.5, 0.6) is 0 Å². The molecule has 2 nitrogen and oxygen atoms in total. The number of hydrogen-bond donors (Lipinski definition) is 1. The Labute approximate surface area is 97.9 Å².